The molecule has 1 atom stereocenters. The first-order chi connectivity index (χ1) is 10.8. The third-order valence-electron chi connectivity index (χ3n) is 3.95. The van der Waals surface area contributed by atoms with Crippen LogP contribution in [0.15, 0.2) is 18.2 Å². The quantitative estimate of drug-likeness (QED) is 0.873. The topological polar surface area (TPSA) is 32.3 Å². The summed E-state index contributed by atoms with van der Waals surface area (Å²) in [6, 6.07) is 3.38. The lowest BCUT2D eigenvalue weighted by Crippen LogP contribution is -2.36. The summed E-state index contributed by atoms with van der Waals surface area (Å²) in [6.07, 6.45) is -1.96. The summed E-state index contributed by atoms with van der Waals surface area (Å²) < 4.78 is 38.4. The summed E-state index contributed by atoms with van der Waals surface area (Å²) in [5, 5.41) is 2.13. The summed E-state index contributed by atoms with van der Waals surface area (Å²) in [4.78, 5) is 14.1. The molecular formula is C16H20ClF3N2O. The van der Waals surface area contributed by atoms with E-state index in [1.807, 2.05) is 0 Å². The monoisotopic (exact) mass is 348 g/mol. The number of carbonyl (C=O) groups is 1. The predicted molar refractivity (Wildman–Crippen MR) is 84.5 cm³/mol. The van der Waals surface area contributed by atoms with Gasteiger partial charge >= 0.3 is 6.18 Å². The number of nitrogens with zero attached hydrogens (tertiary/aromatic N) is 1. The number of benzene rings is 1. The highest BCUT2D eigenvalue weighted by Crippen LogP contribution is 2.36. The minimum absolute atomic E-state index is 0.110. The van der Waals surface area contributed by atoms with Gasteiger partial charge in [-0.15, -0.1) is 0 Å². The van der Waals surface area contributed by atoms with Crippen LogP contribution < -0.4 is 5.32 Å². The minimum Gasteiger partial charge on any atom is -0.326 e. The van der Waals surface area contributed by atoms with Crippen molar-refractivity contribution in [2.45, 2.75) is 32.4 Å². The Morgan fingerprint density at radius 2 is 2.17 bits per heavy atom. The Labute approximate surface area is 138 Å². The lowest BCUT2D eigenvalue weighted by molar-refractivity contribution is -0.137. The van der Waals surface area contributed by atoms with Crippen molar-refractivity contribution < 1.29 is 18.0 Å². The molecule has 1 fully saturated rings. The fourth-order valence-electron chi connectivity index (χ4n) is 2.79. The van der Waals surface area contributed by atoms with Crippen molar-refractivity contribution in [3.63, 3.8) is 0 Å². The zero-order valence-electron chi connectivity index (χ0n) is 12.9. The van der Waals surface area contributed by atoms with E-state index >= 15 is 0 Å². The molecule has 1 aliphatic heterocycles. The highest BCUT2D eigenvalue weighted by molar-refractivity contribution is 6.31. The molecule has 1 amide bonds. The third-order valence-corrected chi connectivity index (χ3v) is 4.28. The molecule has 1 heterocycles. The Hall–Kier alpha value is -1.27. The zero-order valence-corrected chi connectivity index (χ0v) is 13.7. The summed E-state index contributed by atoms with van der Waals surface area (Å²) in [5.41, 5.74) is -0.833. The first-order valence-corrected chi connectivity index (χ1v) is 8.02. The molecule has 23 heavy (non-hydrogen) atoms. The van der Waals surface area contributed by atoms with Crippen LogP contribution in [0.4, 0.5) is 18.9 Å². The summed E-state index contributed by atoms with van der Waals surface area (Å²) >= 11 is 5.55. The van der Waals surface area contributed by atoms with Gasteiger partial charge in [-0.25, -0.2) is 0 Å². The molecule has 1 saturated heterocycles. The molecule has 128 valence electrons. The van der Waals surface area contributed by atoms with E-state index in [4.69, 9.17) is 11.6 Å². The van der Waals surface area contributed by atoms with Crippen LogP contribution in [0.25, 0.3) is 0 Å². The van der Waals surface area contributed by atoms with Gasteiger partial charge in [0.25, 0.3) is 0 Å². The molecule has 1 aromatic rings. The van der Waals surface area contributed by atoms with Gasteiger partial charge in [-0.2, -0.15) is 13.2 Å². The third kappa shape index (κ3) is 5.39. The van der Waals surface area contributed by atoms with E-state index < -0.39 is 11.7 Å². The van der Waals surface area contributed by atoms with Crippen LogP contribution in [0.2, 0.25) is 5.02 Å². The van der Waals surface area contributed by atoms with Crippen molar-refractivity contribution in [1.82, 2.24) is 4.90 Å². The molecule has 2 rings (SSSR count). The van der Waals surface area contributed by atoms with E-state index in [1.54, 1.807) is 0 Å². The lowest BCUT2D eigenvalue weighted by Gasteiger charge is -2.30. The van der Waals surface area contributed by atoms with Crippen LogP contribution in [0.1, 0.15) is 31.7 Å². The van der Waals surface area contributed by atoms with E-state index in [2.05, 4.69) is 17.1 Å². The maximum absolute atomic E-state index is 12.8. The second-order valence-electron chi connectivity index (χ2n) is 6.04. The van der Waals surface area contributed by atoms with E-state index in [0.29, 0.717) is 12.5 Å². The fourth-order valence-corrected chi connectivity index (χ4v) is 3.02. The van der Waals surface area contributed by atoms with Crippen LogP contribution >= 0.6 is 11.6 Å². The Balaban J connectivity index is 1.90. The van der Waals surface area contributed by atoms with Gasteiger partial charge in [0.1, 0.15) is 0 Å². The average Bonchev–Trinajstić information content (AvgIpc) is 2.46. The highest BCUT2D eigenvalue weighted by atomic mass is 35.5. The van der Waals surface area contributed by atoms with E-state index in [0.717, 1.165) is 31.6 Å². The first kappa shape index (κ1) is 18.1. The number of nitrogens with one attached hydrogen (secondary N) is 1. The predicted octanol–water partition coefficient (Wildman–Crippen LogP) is 4.42. The summed E-state index contributed by atoms with van der Waals surface area (Å²) in [5.74, 6) is 0.330. The average molecular weight is 349 g/mol. The molecule has 1 aliphatic rings. The van der Waals surface area contributed by atoms with Crippen molar-refractivity contribution in [3.8, 4) is 0 Å². The molecule has 0 radical (unpaired) electrons. The van der Waals surface area contributed by atoms with Crippen LogP contribution in [0.3, 0.4) is 0 Å². The smallest absolute Gasteiger partial charge is 0.326 e. The molecule has 7 heteroatoms. The van der Waals surface area contributed by atoms with Gasteiger partial charge in [0.2, 0.25) is 5.91 Å². The molecular weight excluding hydrogens is 329 g/mol. The number of carbonyl (C=O) groups excluding carboxylic acids is 1. The van der Waals surface area contributed by atoms with E-state index in [1.165, 1.54) is 12.5 Å². The number of alkyl halides is 3. The van der Waals surface area contributed by atoms with Gasteiger partial charge < -0.3 is 10.2 Å². The van der Waals surface area contributed by atoms with Crippen LogP contribution in [-0.4, -0.2) is 30.4 Å². The second kappa shape index (κ2) is 7.53. The molecule has 1 N–H and O–H groups in total. The van der Waals surface area contributed by atoms with E-state index in [9.17, 15) is 18.0 Å². The summed E-state index contributed by atoms with van der Waals surface area (Å²) in [7, 11) is 0. The summed E-state index contributed by atoms with van der Waals surface area (Å²) in [6.45, 7) is 4.73. The van der Waals surface area contributed by atoms with Crippen LogP contribution in [-0.2, 0) is 11.0 Å². The van der Waals surface area contributed by atoms with Crippen LogP contribution in [0.5, 0.6) is 0 Å². The Morgan fingerprint density at radius 1 is 1.43 bits per heavy atom. The number of piperidine rings is 1. The number of amides is 1. The number of hydrogen-bond acceptors (Lipinski definition) is 2. The molecule has 1 aromatic carbocycles. The van der Waals surface area contributed by atoms with Gasteiger partial charge in [0.05, 0.1) is 10.6 Å². The van der Waals surface area contributed by atoms with Gasteiger partial charge in [-0.1, -0.05) is 18.5 Å². The van der Waals surface area contributed by atoms with Crippen molar-refractivity contribution in [1.29, 1.82) is 0 Å². The molecule has 0 aromatic heterocycles. The van der Waals surface area contributed by atoms with E-state index in [-0.39, 0.29) is 23.0 Å². The molecule has 0 spiro atoms. The fraction of sp³-hybridized carbons (Fsp3) is 0.562. The van der Waals surface area contributed by atoms with Crippen molar-refractivity contribution in [2.24, 2.45) is 5.92 Å². The Kier molecular flexibility index (Phi) is 5.92. The number of anilines is 1. The number of hydrogen-bond donors (Lipinski definition) is 1. The number of rotatable bonds is 4. The molecule has 0 bridgehead atoms. The highest BCUT2D eigenvalue weighted by Gasteiger charge is 2.33. The van der Waals surface area contributed by atoms with Crippen LogP contribution in [0, 0.1) is 5.92 Å². The van der Waals surface area contributed by atoms with Crippen molar-refractivity contribution >= 4 is 23.2 Å². The first-order valence-electron chi connectivity index (χ1n) is 7.64. The van der Waals surface area contributed by atoms with Gasteiger partial charge in [-0.05, 0) is 43.5 Å². The van der Waals surface area contributed by atoms with Gasteiger partial charge in [0, 0.05) is 25.2 Å². The largest absolute Gasteiger partial charge is 0.417 e. The maximum atomic E-state index is 12.8. The number of likely N-dealkylation sites (tertiary alicyclic amines) is 1. The minimum atomic E-state index is -4.54. The van der Waals surface area contributed by atoms with Crippen molar-refractivity contribution in [2.75, 3.05) is 25.0 Å². The number of halogens is 4. The maximum Gasteiger partial charge on any atom is 0.417 e. The molecule has 3 nitrogen and oxygen atoms in total. The second-order valence-corrected chi connectivity index (χ2v) is 6.45. The SMILES string of the molecule is CC1CCCN(CCC(=O)Nc2ccc(Cl)c(C(F)(F)F)c2)C1. The van der Waals surface area contributed by atoms with Gasteiger partial charge in [-0.3, -0.25) is 4.79 Å². The van der Waals surface area contributed by atoms with Gasteiger partial charge in [0.15, 0.2) is 0 Å². The molecule has 1 unspecified atom stereocenters. The Bertz CT molecular complexity index is 563. The molecule has 0 saturated carbocycles. The molecule has 0 aliphatic carbocycles. The Morgan fingerprint density at radius 3 is 2.83 bits per heavy atom. The van der Waals surface area contributed by atoms with Crippen molar-refractivity contribution in [3.05, 3.63) is 28.8 Å². The normalized spacial score (nSPS) is 19.6. The zero-order chi connectivity index (χ0) is 17.0. The standard InChI is InChI=1S/C16H20ClF3N2O/c1-11-3-2-7-22(10-11)8-6-15(23)21-12-4-5-14(17)13(9-12)16(18,19)20/h4-5,9,11H,2-3,6-8,10H2,1H3,(H,21,23). The lowest BCUT2D eigenvalue weighted by atomic mass is 10.0.